The number of rotatable bonds is 2. The summed E-state index contributed by atoms with van der Waals surface area (Å²) in [6, 6.07) is 0. The average Bonchev–Trinajstić information content (AvgIpc) is 2.28. The molecule has 0 aromatic heterocycles. The predicted octanol–water partition coefficient (Wildman–Crippen LogP) is 2.99. The number of methoxy groups -OCH3 is 1. The Balaban J connectivity index is 2.27. The SMILES string of the molecule is CCC1CCCC(OC)CC1. The zero-order valence-electron chi connectivity index (χ0n) is 7.81. The van der Waals surface area contributed by atoms with Crippen LogP contribution in [0.25, 0.3) is 0 Å². The fourth-order valence-corrected chi connectivity index (χ4v) is 1.99. The highest BCUT2D eigenvalue weighted by Crippen LogP contribution is 2.26. The Labute approximate surface area is 70.1 Å². The van der Waals surface area contributed by atoms with Crippen LogP contribution in [0.5, 0.6) is 0 Å². The molecular weight excluding hydrogens is 136 g/mol. The molecule has 2 atom stereocenters. The van der Waals surface area contributed by atoms with Crippen molar-refractivity contribution in [2.75, 3.05) is 7.11 Å². The van der Waals surface area contributed by atoms with Gasteiger partial charge in [0.1, 0.15) is 0 Å². The molecule has 2 unspecified atom stereocenters. The highest BCUT2D eigenvalue weighted by atomic mass is 16.5. The van der Waals surface area contributed by atoms with E-state index in [1.807, 2.05) is 7.11 Å². The van der Waals surface area contributed by atoms with Crippen LogP contribution in [0, 0.1) is 5.92 Å². The molecule has 1 aliphatic carbocycles. The smallest absolute Gasteiger partial charge is 0.0571 e. The van der Waals surface area contributed by atoms with Crippen LogP contribution in [0.3, 0.4) is 0 Å². The molecule has 0 amide bonds. The van der Waals surface area contributed by atoms with Crippen molar-refractivity contribution in [1.29, 1.82) is 0 Å². The molecule has 0 heterocycles. The monoisotopic (exact) mass is 156 g/mol. The second kappa shape index (κ2) is 4.76. The van der Waals surface area contributed by atoms with Crippen molar-refractivity contribution in [1.82, 2.24) is 0 Å². The van der Waals surface area contributed by atoms with Crippen LogP contribution < -0.4 is 0 Å². The summed E-state index contributed by atoms with van der Waals surface area (Å²) in [7, 11) is 1.84. The van der Waals surface area contributed by atoms with Crippen LogP contribution in [0.15, 0.2) is 0 Å². The summed E-state index contributed by atoms with van der Waals surface area (Å²) in [6.45, 7) is 2.30. The number of hydrogen-bond acceptors (Lipinski definition) is 1. The molecule has 0 aliphatic heterocycles. The summed E-state index contributed by atoms with van der Waals surface area (Å²) in [6.07, 6.45) is 8.67. The van der Waals surface area contributed by atoms with E-state index < -0.39 is 0 Å². The van der Waals surface area contributed by atoms with Crippen molar-refractivity contribution in [3.8, 4) is 0 Å². The van der Waals surface area contributed by atoms with E-state index in [1.165, 1.54) is 38.5 Å². The van der Waals surface area contributed by atoms with Gasteiger partial charge in [-0.2, -0.15) is 0 Å². The van der Waals surface area contributed by atoms with Gasteiger partial charge in [0.2, 0.25) is 0 Å². The first-order valence-corrected chi connectivity index (χ1v) is 4.89. The Morgan fingerprint density at radius 2 is 2.00 bits per heavy atom. The Bertz CT molecular complexity index is 89.0. The molecule has 0 spiro atoms. The van der Waals surface area contributed by atoms with Gasteiger partial charge in [0.05, 0.1) is 6.10 Å². The van der Waals surface area contributed by atoms with E-state index in [-0.39, 0.29) is 0 Å². The maximum atomic E-state index is 5.36. The van der Waals surface area contributed by atoms with E-state index in [2.05, 4.69) is 6.92 Å². The van der Waals surface area contributed by atoms with Crippen LogP contribution >= 0.6 is 0 Å². The van der Waals surface area contributed by atoms with Crippen molar-refractivity contribution in [3.63, 3.8) is 0 Å². The summed E-state index contributed by atoms with van der Waals surface area (Å²) < 4.78 is 5.36. The topological polar surface area (TPSA) is 9.23 Å². The van der Waals surface area contributed by atoms with Gasteiger partial charge < -0.3 is 4.74 Å². The van der Waals surface area contributed by atoms with Crippen molar-refractivity contribution in [2.24, 2.45) is 5.92 Å². The minimum absolute atomic E-state index is 0.562. The molecule has 0 aromatic rings. The first-order valence-electron chi connectivity index (χ1n) is 4.89. The van der Waals surface area contributed by atoms with Gasteiger partial charge in [0.25, 0.3) is 0 Å². The van der Waals surface area contributed by atoms with Crippen LogP contribution in [-0.2, 0) is 4.74 Å². The molecule has 1 heteroatoms. The second-order valence-electron chi connectivity index (χ2n) is 3.64. The molecule has 11 heavy (non-hydrogen) atoms. The highest BCUT2D eigenvalue weighted by Gasteiger charge is 2.16. The lowest BCUT2D eigenvalue weighted by Crippen LogP contribution is -2.08. The van der Waals surface area contributed by atoms with Gasteiger partial charge in [-0.3, -0.25) is 0 Å². The third-order valence-corrected chi connectivity index (χ3v) is 2.95. The average molecular weight is 156 g/mol. The second-order valence-corrected chi connectivity index (χ2v) is 3.64. The molecule has 1 nitrogen and oxygen atoms in total. The van der Waals surface area contributed by atoms with Gasteiger partial charge in [-0.15, -0.1) is 0 Å². The van der Waals surface area contributed by atoms with Gasteiger partial charge in [0.15, 0.2) is 0 Å². The fraction of sp³-hybridized carbons (Fsp3) is 1.00. The third-order valence-electron chi connectivity index (χ3n) is 2.95. The van der Waals surface area contributed by atoms with E-state index in [9.17, 15) is 0 Å². The van der Waals surface area contributed by atoms with Gasteiger partial charge in [0, 0.05) is 7.11 Å². The zero-order chi connectivity index (χ0) is 8.10. The standard InChI is InChI=1S/C10H20O/c1-3-9-5-4-6-10(11-2)8-7-9/h9-10H,3-8H2,1-2H3. The molecule has 0 N–H and O–H groups in total. The third kappa shape index (κ3) is 2.82. The van der Waals surface area contributed by atoms with E-state index >= 15 is 0 Å². The molecule has 1 rings (SSSR count). The summed E-state index contributed by atoms with van der Waals surface area (Å²) in [5.41, 5.74) is 0. The minimum Gasteiger partial charge on any atom is -0.381 e. The van der Waals surface area contributed by atoms with E-state index in [1.54, 1.807) is 0 Å². The molecular formula is C10H20O. The first kappa shape index (κ1) is 9.05. The largest absolute Gasteiger partial charge is 0.381 e. The van der Waals surface area contributed by atoms with Crippen LogP contribution in [0.4, 0.5) is 0 Å². The van der Waals surface area contributed by atoms with Crippen molar-refractivity contribution >= 4 is 0 Å². The van der Waals surface area contributed by atoms with Gasteiger partial charge in [-0.25, -0.2) is 0 Å². The summed E-state index contributed by atoms with van der Waals surface area (Å²) in [4.78, 5) is 0. The molecule has 0 aromatic carbocycles. The van der Waals surface area contributed by atoms with Crippen LogP contribution in [0.1, 0.15) is 45.4 Å². The van der Waals surface area contributed by atoms with E-state index in [0.29, 0.717) is 6.10 Å². The lowest BCUT2D eigenvalue weighted by atomic mass is 9.98. The Kier molecular flexibility index (Phi) is 3.92. The highest BCUT2D eigenvalue weighted by molar-refractivity contribution is 4.69. The Morgan fingerprint density at radius 3 is 2.64 bits per heavy atom. The van der Waals surface area contributed by atoms with E-state index in [4.69, 9.17) is 4.74 Å². The van der Waals surface area contributed by atoms with Crippen molar-refractivity contribution < 1.29 is 4.74 Å². The van der Waals surface area contributed by atoms with Gasteiger partial charge in [-0.1, -0.05) is 26.2 Å². The van der Waals surface area contributed by atoms with Gasteiger partial charge >= 0.3 is 0 Å². The van der Waals surface area contributed by atoms with Crippen molar-refractivity contribution in [3.05, 3.63) is 0 Å². The van der Waals surface area contributed by atoms with Crippen LogP contribution in [-0.4, -0.2) is 13.2 Å². The molecule has 0 saturated heterocycles. The summed E-state index contributed by atoms with van der Waals surface area (Å²) >= 11 is 0. The molecule has 0 bridgehead atoms. The lowest BCUT2D eigenvalue weighted by Gasteiger charge is -2.11. The van der Waals surface area contributed by atoms with Crippen molar-refractivity contribution in [2.45, 2.75) is 51.6 Å². The maximum absolute atomic E-state index is 5.36. The molecule has 66 valence electrons. The summed E-state index contributed by atoms with van der Waals surface area (Å²) in [5, 5.41) is 0. The molecule has 0 radical (unpaired) electrons. The molecule has 1 fully saturated rings. The normalized spacial score (nSPS) is 33.3. The molecule has 1 aliphatic rings. The number of ether oxygens (including phenoxy) is 1. The summed E-state index contributed by atoms with van der Waals surface area (Å²) in [5.74, 6) is 0.982. The fourth-order valence-electron chi connectivity index (χ4n) is 1.99. The quantitative estimate of drug-likeness (QED) is 0.558. The Hall–Kier alpha value is -0.0400. The van der Waals surface area contributed by atoms with Gasteiger partial charge in [-0.05, 0) is 25.2 Å². The number of hydrogen-bond donors (Lipinski definition) is 0. The Morgan fingerprint density at radius 1 is 1.18 bits per heavy atom. The lowest BCUT2D eigenvalue weighted by molar-refractivity contribution is 0.0890. The zero-order valence-corrected chi connectivity index (χ0v) is 7.81. The van der Waals surface area contributed by atoms with Crippen LogP contribution in [0.2, 0.25) is 0 Å². The maximum Gasteiger partial charge on any atom is 0.0571 e. The molecule has 1 saturated carbocycles. The van der Waals surface area contributed by atoms with E-state index in [0.717, 1.165) is 5.92 Å². The first-order chi connectivity index (χ1) is 5.36. The minimum atomic E-state index is 0.562. The predicted molar refractivity (Wildman–Crippen MR) is 47.7 cm³/mol.